The Hall–Kier alpha value is -2.38. The summed E-state index contributed by atoms with van der Waals surface area (Å²) in [7, 11) is 0. The fraction of sp³-hybridized carbons (Fsp3) is 0.211. The molecule has 2 rings (SSSR count). The molecule has 3 nitrogen and oxygen atoms in total. The molecule has 0 radical (unpaired) electrons. The Morgan fingerprint density at radius 2 is 2.00 bits per heavy atom. The van der Waals surface area contributed by atoms with Crippen LogP contribution in [0.1, 0.15) is 46.6 Å². The summed E-state index contributed by atoms with van der Waals surface area (Å²) in [5.74, 6) is 0.745. The maximum Gasteiger partial charge on any atom is 0.162 e. The summed E-state index contributed by atoms with van der Waals surface area (Å²) in [6.45, 7) is 5.34. The SMILES string of the molecule is CCSc1nc(C)c(C(C)=O)c(C=Cc2ccccc2)c1C#N. The van der Waals surface area contributed by atoms with Gasteiger partial charge in [-0.15, -0.1) is 11.8 Å². The van der Waals surface area contributed by atoms with Crippen LogP contribution in [0, 0.1) is 18.3 Å². The number of carbonyl (C=O) groups is 1. The Balaban J connectivity index is 2.65. The van der Waals surface area contributed by atoms with Crippen LogP contribution in [0.15, 0.2) is 35.4 Å². The first kappa shape index (κ1) is 17.0. The molecular formula is C19H18N2OS. The number of hydrogen-bond donors (Lipinski definition) is 0. The fourth-order valence-corrected chi connectivity index (χ4v) is 3.18. The van der Waals surface area contributed by atoms with E-state index in [4.69, 9.17) is 0 Å². The fourth-order valence-electron chi connectivity index (χ4n) is 2.40. The van der Waals surface area contributed by atoms with Crippen LogP contribution in [0.5, 0.6) is 0 Å². The van der Waals surface area contributed by atoms with Crippen LogP contribution in [0.25, 0.3) is 12.2 Å². The third kappa shape index (κ3) is 3.88. The molecule has 0 fully saturated rings. The molecule has 1 heterocycles. The van der Waals surface area contributed by atoms with E-state index in [1.54, 1.807) is 0 Å². The predicted molar refractivity (Wildman–Crippen MR) is 95.5 cm³/mol. The number of ketones is 1. The maximum absolute atomic E-state index is 12.0. The van der Waals surface area contributed by atoms with E-state index in [1.165, 1.54) is 18.7 Å². The van der Waals surface area contributed by atoms with E-state index in [9.17, 15) is 10.1 Å². The van der Waals surface area contributed by atoms with Gasteiger partial charge in [0, 0.05) is 11.1 Å². The van der Waals surface area contributed by atoms with Gasteiger partial charge in [-0.3, -0.25) is 4.79 Å². The van der Waals surface area contributed by atoms with Crippen molar-refractivity contribution in [1.29, 1.82) is 5.26 Å². The number of nitriles is 1. The minimum absolute atomic E-state index is 0.0766. The lowest BCUT2D eigenvalue weighted by Crippen LogP contribution is -2.07. The lowest BCUT2D eigenvalue weighted by atomic mass is 9.98. The molecule has 0 atom stereocenters. The summed E-state index contributed by atoms with van der Waals surface area (Å²) in [6.07, 6.45) is 3.77. The molecule has 1 aromatic heterocycles. The number of Topliss-reactive ketones (excluding diaryl/α,β-unsaturated/α-hetero) is 1. The highest BCUT2D eigenvalue weighted by molar-refractivity contribution is 7.99. The standard InChI is InChI=1S/C19H18N2OS/c1-4-23-19-17(12-20)16(18(14(3)22)13(2)21-19)11-10-15-8-6-5-7-9-15/h5-11H,4H2,1-3H3. The van der Waals surface area contributed by atoms with Gasteiger partial charge >= 0.3 is 0 Å². The van der Waals surface area contributed by atoms with Crippen molar-refractivity contribution >= 4 is 29.7 Å². The average molecular weight is 322 g/mol. The Labute approximate surface area is 141 Å². The Bertz CT molecular complexity index is 789. The zero-order chi connectivity index (χ0) is 16.8. The van der Waals surface area contributed by atoms with Crippen LogP contribution in [-0.2, 0) is 0 Å². The van der Waals surface area contributed by atoms with Gasteiger partial charge in [0.15, 0.2) is 5.78 Å². The molecule has 2 aromatic rings. The number of aromatic nitrogens is 1. The summed E-state index contributed by atoms with van der Waals surface area (Å²) in [5, 5.41) is 10.3. The molecule has 1 aromatic carbocycles. The van der Waals surface area contributed by atoms with Crippen LogP contribution in [-0.4, -0.2) is 16.5 Å². The van der Waals surface area contributed by atoms with Gasteiger partial charge in [0.25, 0.3) is 0 Å². The maximum atomic E-state index is 12.0. The molecule has 116 valence electrons. The number of nitrogens with zero attached hydrogens (tertiary/aromatic N) is 2. The molecule has 0 N–H and O–H groups in total. The molecule has 0 aliphatic heterocycles. The second-order valence-electron chi connectivity index (χ2n) is 5.01. The molecule has 0 bridgehead atoms. The van der Waals surface area contributed by atoms with Crippen LogP contribution in [0.3, 0.4) is 0 Å². The minimum Gasteiger partial charge on any atom is -0.294 e. The zero-order valence-corrected chi connectivity index (χ0v) is 14.3. The van der Waals surface area contributed by atoms with Crippen molar-refractivity contribution in [3.05, 3.63) is 58.3 Å². The van der Waals surface area contributed by atoms with Crippen molar-refractivity contribution in [2.75, 3.05) is 5.75 Å². The van der Waals surface area contributed by atoms with Gasteiger partial charge in [-0.05, 0) is 25.2 Å². The van der Waals surface area contributed by atoms with Crippen LogP contribution in [0.4, 0.5) is 0 Å². The number of rotatable bonds is 5. The van der Waals surface area contributed by atoms with Crippen molar-refractivity contribution in [2.24, 2.45) is 0 Å². The van der Waals surface area contributed by atoms with Crippen molar-refractivity contribution in [2.45, 2.75) is 25.8 Å². The molecule has 23 heavy (non-hydrogen) atoms. The summed E-state index contributed by atoms with van der Waals surface area (Å²) >= 11 is 1.52. The van der Waals surface area contributed by atoms with Gasteiger partial charge in [0.1, 0.15) is 11.1 Å². The molecule has 0 amide bonds. The normalized spacial score (nSPS) is 10.7. The molecule has 0 spiro atoms. The lowest BCUT2D eigenvalue weighted by molar-refractivity contribution is 0.101. The Morgan fingerprint density at radius 3 is 2.57 bits per heavy atom. The third-order valence-corrected chi connectivity index (χ3v) is 4.23. The zero-order valence-electron chi connectivity index (χ0n) is 13.5. The molecule has 0 saturated carbocycles. The Morgan fingerprint density at radius 1 is 1.30 bits per heavy atom. The molecule has 0 unspecified atom stereocenters. The van der Waals surface area contributed by atoms with E-state index in [-0.39, 0.29) is 5.78 Å². The van der Waals surface area contributed by atoms with E-state index < -0.39 is 0 Å². The van der Waals surface area contributed by atoms with Gasteiger partial charge < -0.3 is 0 Å². The predicted octanol–water partition coefficient (Wildman–Crippen LogP) is 4.75. The summed E-state index contributed by atoms with van der Waals surface area (Å²) in [5.41, 5.74) is 3.34. The number of hydrogen-bond acceptors (Lipinski definition) is 4. The first-order chi connectivity index (χ1) is 11.1. The van der Waals surface area contributed by atoms with Gasteiger partial charge in [-0.2, -0.15) is 5.26 Å². The van der Waals surface area contributed by atoms with Crippen LogP contribution in [0.2, 0.25) is 0 Å². The first-order valence-electron chi connectivity index (χ1n) is 7.40. The molecule has 0 saturated heterocycles. The van der Waals surface area contributed by atoms with E-state index in [0.717, 1.165) is 11.3 Å². The van der Waals surface area contributed by atoms with Gasteiger partial charge in [-0.1, -0.05) is 49.4 Å². The number of carbonyl (C=O) groups excluding carboxylic acids is 1. The van der Waals surface area contributed by atoms with E-state index in [2.05, 4.69) is 11.1 Å². The van der Waals surface area contributed by atoms with E-state index in [1.807, 2.05) is 56.3 Å². The summed E-state index contributed by atoms with van der Waals surface area (Å²) in [6, 6.07) is 12.0. The number of thioether (sulfide) groups is 1. The van der Waals surface area contributed by atoms with Crippen molar-refractivity contribution in [1.82, 2.24) is 4.98 Å². The Kier molecular flexibility index (Phi) is 5.72. The lowest BCUT2D eigenvalue weighted by Gasteiger charge is -2.12. The molecule has 0 aliphatic carbocycles. The summed E-state index contributed by atoms with van der Waals surface area (Å²) in [4.78, 5) is 16.5. The minimum atomic E-state index is -0.0766. The first-order valence-corrected chi connectivity index (χ1v) is 8.38. The van der Waals surface area contributed by atoms with Crippen molar-refractivity contribution in [3.63, 3.8) is 0 Å². The van der Waals surface area contributed by atoms with Gasteiger partial charge in [-0.25, -0.2) is 4.98 Å². The smallest absolute Gasteiger partial charge is 0.162 e. The summed E-state index contributed by atoms with van der Waals surface area (Å²) < 4.78 is 0. The van der Waals surface area contributed by atoms with Crippen molar-refractivity contribution < 1.29 is 4.79 Å². The van der Waals surface area contributed by atoms with Crippen LogP contribution < -0.4 is 0 Å². The highest BCUT2D eigenvalue weighted by Crippen LogP contribution is 2.29. The average Bonchev–Trinajstić information content (AvgIpc) is 2.53. The monoisotopic (exact) mass is 322 g/mol. The number of pyridine rings is 1. The quantitative estimate of drug-likeness (QED) is 0.589. The molecule has 4 heteroatoms. The second kappa shape index (κ2) is 7.75. The topological polar surface area (TPSA) is 53.8 Å². The number of aryl methyl sites for hydroxylation is 1. The highest BCUT2D eigenvalue weighted by atomic mass is 32.2. The third-order valence-electron chi connectivity index (χ3n) is 3.37. The molecular weight excluding hydrogens is 304 g/mol. The number of benzene rings is 1. The molecule has 0 aliphatic rings. The highest BCUT2D eigenvalue weighted by Gasteiger charge is 2.18. The van der Waals surface area contributed by atoms with Gasteiger partial charge in [0.2, 0.25) is 0 Å². The largest absolute Gasteiger partial charge is 0.294 e. The van der Waals surface area contributed by atoms with E-state index in [0.29, 0.717) is 27.4 Å². The van der Waals surface area contributed by atoms with E-state index >= 15 is 0 Å². The second-order valence-corrected chi connectivity index (χ2v) is 6.26. The van der Waals surface area contributed by atoms with Gasteiger partial charge in [0.05, 0.1) is 11.3 Å². The van der Waals surface area contributed by atoms with Crippen LogP contribution >= 0.6 is 11.8 Å². The van der Waals surface area contributed by atoms with Crippen molar-refractivity contribution in [3.8, 4) is 6.07 Å².